The molecule has 0 amide bonds. The highest BCUT2D eigenvalue weighted by molar-refractivity contribution is 9.11. The highest BCUT2D eigenvalue weighted by atomic mass is 79.9. The van der Waals surface area contributed by atoms with Crippen LogP contribution in [0.5, 0.6) is 0 Å². The van der Waals surface area contributed by atoms with E-state index in [1.165, 1.54) is 15.6 Å². The highest BCUT2D eigenvalue weighted by Crippen LogP contribution is 2.38. The molecule has 1 aliphatic carbocycles. The van der Waals surface area contributed by atoms with Crippen molar-refractivity contribution in [3.8, 4) is 0 Å². The Balaban J connectivity index is 2.64. The van der Waals surface area contributed by atoms with Crippen LogP contribution in [0.15, 0.2) is 21.1 Å². The van der Waals surface area contributed by atoms with Gasteiger partial charge in [-0.3, -0.25) is 0 Å². The summed E-state index contributed by atoms with van der Waals surface area (Å²) in [6.45, 7) is 0. The Bertz CT molecular complexity index is 323. The Morgan fingerprint density at radius 3 is 2.58 bits per heavy atom. The van der Waals surface area contributed by atoms with Crippen LogP contribution in [0.2, 0.25) is 0 Å². The minimum absolute atomic E-state index is 0.215. The summed E-state index contributed by atoms with van der Waals surface area (Å²) in [5.74, 6) is 0. The average Bonchev–Trinajstić information content (AvgIpc) is 2.42. The summed E-state index contributed by atoms with van der Waals surface area (Å²) in [6, 6.07) is 4.33. The van der Waals surface area contributed by atoms with Gasteiger partial charge in [0.25, 0.3) is 0 Å². The predicted octanol–water partition coefficient (Wildman–Crippen LogP) is 3.16. The van der Waals surface area contributed by atoms with Gasteiger partial charge in [-0.25, -0.2) is 0 Å². The van der Waals surface area contributed by atoms with Gasteiger partial charge in [-0.1, -0.05) is 31.9 Å². The monoisotopic (exact) mass is 289 g/mol. The molecule has 0 heterocycles. The van der Waals surface area contributed by atoms with Crippen LogP contribution in [-0.2, 0) is 6.42 Å². The molecule has 0 saturated carbocycles. The third-order valence-electron chi connectivity index (χ3n) is 2.32. The summed E-state index contributed by atoms with van der Waals surface area (Å²) < 4.78 is 2.33. The molecule has 0 aromatic heterocycles. The first kappa shape index (κ1) is 8.73. The second-order valence-corrected chi connectivity index (χ2v) is 4.78. The van der Waals surface area contributed by atoms with Crippen LogP contribution in [0.3, 0.4) is 0 Å². The van der Waals surface area contributed by atoms with Crippen molar-refractivity contribution in [1.29, 1.82) is 0 Å². The molecule has 0 bridgehead atoms. The molecule has 0 radical (unpaired) electrons. The minimum atomic E-state index is 0.215. The molecule has 2 rings (SSSR count). The van der Waals surface area contributed by atoms with Crippen LogP contribution < -0.4 is 5.73 Å². The molecule has 2 N–H and O–H groups in total. The summed E-state index contributed by atoms with van der Waals surface area (Å²) in [4.78, 5) is 0. The van der Waals surface area contributed by atoms with Crippen molar-refractivity contribution in [2.75, 3.05) is 0 Å². The fraction of sp³-hybridized carbons (Fsp3) is 0.333. The highest BCUT2D eigenvalue weighted by Gasteiger charge is 2.23. The third-order valence-corrected chi connectivity index (χ3v) is 3.76. The standard InChI is InChI=1S/C9H9Br2N/c10-6-2-3-7(11)9-5(6)1-4-8(9)12/h2-3,8H,1,4,12H2/t8-/m1/s1. The summed E-state index contributed by atoms with van der Waals surface area (Å²) in [6.07, 6.45) is 2.16. The Kier molecular flexibility index (Phi) is 2.27. The first-order valence-corrected chi connectivity index (χ1v) is 5.51. The van der Waals surface area contributed by atoms with E-state index < -0.39 is 0 Å². The third kappa shape index (κ3) is 1.24. The lowest BCUT2D eigenvalue weighted by molar-refractivity contribution is 0.711. The predicted molar refractivity (Wildman–Crippen MR) is 57.1 cm³/mol. The zero-order chi connectivity index (χ0) is 8.72. The topological polar surface area (TPSA) is 26.0 Å². The summed E-state index contributed by atoms with van der Waals surface area (Å²) in [5.41, 5.74) is 8.62. The summed E-state index contributed by atoms with van der Waals surface area (Å²) >= 11 is 7.05. The molecular formula is C9H9Br2N. The van der Waals surface area contributed by atoms with Crippen molar-refractivity contribution in [3.63, 3.8) is 0 Å². The Hall–Kier alpha value is 0.140. The van der Waals surface area contributed by atoms with Gasteiger partial charge in [0.2, 0.25) is 0 Å². The minimum Gasteiger partial charge on any atom is -0.324 e. The van der Waals surface area contributed by atoms with E-state index in [4.69, 9.17) is 5.73 Å². The fourth-order valence-corrected chi connectivity index (χ4v) is 2.92. The van der Waals surface area contributed by atoms with Gasteiger partial charge in [0.15, 0.2) is 0 Å². The van der Waals surface area contributed by atoms with Gasteiger partial charge in [0, 0.05) is 15.0 Å². The first-order chi connectivity index (χ1) is 5.70. The van der Waals surface area contributed by atoms with Gasteiger partial charge >= 0.3 is 0 Å². The van der Waals surface area contributed by atoms with Gasteiger partial charge in [0.1, 0.15) is 0 Å². The molecule has 0 unspecified atom stereocenters. The van der Waals surface area contributed by atoms with Crippen molar-refractivity contribution in [1.82, 2.24) is 0 Å². The first-order valence-electron chi connectivity index (χ1n) is 3.92. The van der Waals surface area contributed by atoms with Crippen LogP contribution in [0, 0.1) is 0 Å². The molecule has 1 aliphatic rings. The molecule has 0 spiro atoms. The van der Waals surface area contributed by atoms with Crippen LogP contribution >= 0.6 is 31.9 Å². The van der Waals surface area contributed by atoms with E-state index in [0.29, 0.717) is 0 Å². The molecule has 0 aliphatic heterocycles. The SMILES string of the molecule is N[C@@H]1CCc2c(Br)ccc(Br)c21. The summed E-state index contributed by atoms with van der Waals surface area (Å²) in [5, 5.41) is 0. The van der Waals surface area contributed by atoms with Crippen molar-refractivity contribution < 1.29 is 0 Å². The molecule has 12 heavy (non-hydrogen) atoms. The lowest BCUT2D eigenvalue weighted by Crippen LogP contribution is -2.05. The van der Waals surface area contributed by atoms with E-state index in [9.17, 15) is 0 Å². The van der Waals surface area contributed by atoms with Crippen LogP contribution in [0.1, 0.15) is 23.6 Å². The van der Waals surface area contributed by atoms with Gasteiger partial charge in [-0.05, 0) is 36.1 Å². The van der Waals surface area contributed by atoms with Gasteiger partial charge < -0.3 is 5.73 Å². The molecule has 3 heteroatoms. The molecule has 1 aromatic rings. The van der Waals surface area contributed by atoms with E-state index in [2.05, 4.69) is 37.9 Å². The Labute approximate surface area is 88.6 Å². The van der Waals surface area contributed by atoms with E-state index in [1.54, 1.807) is 0 Å². The number of halogens is 2. The number of fused-ring (bicyclic) bond motifs is 1. The van der Waals surface area contributed by atoms with Crippen molar-refractivity contribution >= 4 is 31.9 Å². The maximum atomic E-state index is 5.97. The zero-order valence-corrected chi connectivity index (χ0v) is 9.65. The van der Waals surface area contributed by atoms with E-state index >= 15 is 0 Å². The lowest BCUT2D eigenvalue weighted by Gasteiger charge is -2.08. The lowest BCUT2D eigenvalue weighted by atomic mass is 10.1. The fourth-order valence-electron chi connectivity index (χ4n) is 1.71. The van der Waals surface area contributed by atoms with Crippen molar-refractivity contribution in [2.24, 2.45) is 5.73 Å². The summed E-state index contributed by atoms with van der Waals surface area (Å²) in [7, 11) is 0. The largest absolute Gasteiger partial charge is 0.324 e. The number of benzene rings is 1. The molecule has 0 saturated heterocycles. The smallest absolute Gasteiger partial charge is 0.0312 e. The number of rotatable bonds is 0. The number of hydrogen-bond donors (Lipinski definition) is 1. The maximum absolute atomic E-state index is 5.97. The van der Waals surface area contributed by atoms with E-state index in [1.807, 2.05) is 6.07 Å². The van der Waals surface area contributed by atoms with Crippen molar-refractivity contribution in [3.05, 3.63) is 32.2 Å². The molecule has 0 fully saturated rings. The average molecular weight is 291 g/mol. The Morgan fingerprint density at radius 1 is 1.25 bits per heavy atom. The van der Waals surface area contributed by atoms with Gasteiger partial charge in [0.05, 0.1) is 0 Å². The van der Waals surface area contributed by atoms with Crippen LogP contribution in [0.4, 0.5) is 0 Å². The number of nitrogens with two attached hydrogens (primary N) is 1. The molecule has 1 aromatic carbocycles. The van der Waals surface area contributed by atoms with Gasteiger partial charge in [-0.2, -0.15) is 0 Å². The number of hydrogen-bond acceptors (Lipinski definition) is 1. The van der Waals surface area contributed by atoms with E-state index in [-0.39, 0.29) is 6.04 Å². The Morgan fingerprint density at radius 2 is 1.92 bits per heavy atom. The maximum Gasteiger partial charge on any atom is 0.0312 e. The normalized spacial score (nSPS) is 21.1. The zero-order valence-electron chi connectivity index (χ0n) is 6.48. The van der Waals surface area contributed by atoms with Crippen LogP contribution in [-0.4, -0.2) is 0 Å². The van der Waals surface area contributed by atoms with Crippen molar-refractivity contribution in [2.45, 2.75) is 18.9 Å². The molecule has 64 valence electrons. The molecule has 1 atom stereocenters. The second kappa shape index (κ2) is 3.13. The van der Waals surface area contributed by atoms with Gasteiger partial charge in [-0.15, -0.1) is 0 Å². The second-order valence-electron chi connectivity index (χ2n) is 3.07. The van der Waals surface area contributed by atoms with Crippen LogP contribution in [0.25, 0.3) is 0 Å². The quantitative estimate of drug-likeness (QED) is 0.780. The van der Waals surface area contributed by atoms with E-state index in [0.717, 1.165) is 17.3 Å². The molecular weight excluding hydrogens is 282 g/mol. The molecule has 1 nitrogen and oxygen atoms in total.